The van der Waals surface area contributed by atoms with Crippen LogP contribution in [0.5, 0.6) is 17.4 Å². The zero-order chi connectivity index (χ0) is 15.2. The normalized spacial score (nSPS) is 11.2. The molecule has 7 nitrogen and oxygen atoms in total. The second-order valence-electron chi connectivity index (χ2n) is 4.09. The fourth-order valence-corrected chi connectivity index (χ4v) is 1.40. The topological polar surface area (TPSA) is 111 Å². The predicted octanol–water partition coefficient (Wildman–Crippen LogP) is 1.39. The minimum Gasteiger partial charge on any atom is -0.481 e. The summed E-state index contributed by atoms with van der Waals surface area (Å²) in [6, 6.07) is 8.47. The van der Waals surface area contributed by atoms with Gasteiger partial charge in [0.1, 0.15) is 17.6 Å². The lowest BCUT2D eigenvalue weighted by molar-refractivity contribution is -0.123. The van der Waals surface area contributed by atoms with E-state index in [1.54, 1.807) is 31.2 Å². The maximum absolute atomic E-state index is 10.9. The minimum absolute atomic E-state index is 0.214. The Morgan fingerprint density at radius 2 is 1.90 bits per heavy atom. The molecule has 1 atom stereocenters. The molecule has 0 aliphatic rings. The number of primary amides is 1. The third-order valence-corrected chi connectivity index (χ3v) is 2.50. The highest BCUT2D eigenvalue weighted by Gasteiger charge is 2.10. The molecule has 2 N–H and O–H groups in total. The first-order valence-corrected chi connectivity index (χ1v) is 6.04. The van der Waals surface area contributed by atoms with Crippen LogP contribution in [0.2, 0.25) is 0 Å². The number of amides is 1. The molecule has 0 radical (unpaired) electrons. The molecule has 1 aromatic carbocycles. The number of benzene rings is 1. The molecule has 7 heteroatoms. The van der Waals surface area contributed by atoms with Gasteiger partial charge in [0, 0.05) is 0 Å². The van der Waals surface area contributed by atoms with Crippen LogP contribution < -0.4 is 15.2 Å². The third-order valence-electron chi connectivity index (χ3n) is 2.50. The highest BCUT2D eigenvalue weighted by Crippen LogP contribution is 2.22. The lowest BCUT2D eigenvalue weighted by Gasteiger charge is -2.11. The molecule has 1 heterocycles. The summed E-state index contributed by atoms with van der Waals surface area (Å²) in [6.07, 6.45) is 1.97. The molecule has 0 aliphatic heterocycles. The molecule has 1 amide bonds. The molecule has 2 aromatic rings. The van der Waals surface area contributed by atoms with Gasteiger partial charge in [-0.2, -0.15) is 5.26 Å². The molecule has 0 bridgehead atoms. The van der Waals surface area contributed by atoms with Gasteiger partial charge in [-0.05, 0) is 31.2 Å². The van der Waals surface area contributed by atoms with Crippen LogP contribution >= 0.6 is 0 Å². The van der Waals surface area contributed by atoms with Crippen LogP contribution in [0.3, 0.4) is 0 Å². The Labute approximate surface area is 121 Å². The quantitative estimate of drug-likeness (QED) is 0.888. The average molecular weight is 284 g/mol. The summed E-state index contributed by atoms with van der Waals surface area (Å²) in [7, 11) is 0. The van der Waals surface area contributed by atoms with Gasteiger partial charge in [0.25, 0.3) is 5.91 Å². The van der Waals surface area contributed by atoms with Crippen molar-refractivity contribution >= 4 is 5.91 Å². The van der Waals surface area contributed by atoms with Crippen molar-refractivity contribution in [3.8, 4) is 23.4 Å². The highest BCUT2D eigenvalue weighted by atomic mass is 16.5. The Morgan fingerprint density at radius 1 is 1.24 bits per heavy atom. The van der Waals surface area contributed by atoms with Gasteiger partial charge in [-0.3, -0.25) is 4.79 Å². The van der Waals surface area contributed by atoms with Gasteiger partial charge in [-0.25, -0.2) is 9.97 Å². The summed E-state index contributed by atoms with van der Waals surface area (Å²) in [5.41, 5.74) is 5.33. The first kappa shape index (κ1) is 14.3. The molecule has 2 rings (SSSR count). The lowest BCUT2D eigenvalue weighted by atomic mass is 10.3. The zero-order valence-corrected chi connectivity index (χ0v) is 11.2. The van der Waals surface area contributed by atoms with Crippen molar-refractivity contribution in [3.05, 3.63) is 42.4 Å². The van der Waals surface area contributed by atoms with E-state index in [4.69, 9.17) is 20.5 Å². The van der Waals surface area contributed by atoms with Gasteiger partial charge in [0.2, 0.25) is 5.88 Å². The van der Waals surface area contributed by atoms with E-state index in [2.05, 4.69) is 9.97 Å². The van der Waals surface area contributed by atoms with Crippen LogP contribution in [0.25, 0.3) is 0 Å². The fourth-order valence-electron chi connectivity index (χ4n) is 1.40. The average Bonchev–Trinajstić information content (AvgIpc) is 2.50. The summed E-state index contributed by atoms with van der Waals surface area (Å²) in [5, 5.41) is 8.62. The Hall–Kier alpha value is -3.14. The van der Waals surface area contributed by atoms with Gasteiger partial charge in [-0.1, -0.05) is 0 Å². The number of ether oxygens (including phenoxy) is 2. The number of nitrogens with two attached hydrogens (primary N) is 1. The largest absolute Gasteiger partial charge is 0.481 e. The minimum atomic E-state index is -0.707. The van der Waals surface area contributed by atoms with Gasteiger partial charge in [-0.15, -0.1) is 0 Å². The standard InChI is InChI=1S/C14H12N4O3/c1-9(14(16)19)20-11-2-4-12(5-3-11)21-13-8-17-10(6-15)7-18-13/h2-5,7-9H,1H3,(H2,16,19). The molecular formula is C14H12N4O3. The maximum atomic E-state index is 10.9. The van der Waals surface area contributed by atoms with Gasteiger partial charge in [0.15, 0.2) is 11.8 Å². The molecule has 0 spiro atoms. The number of hydrogen-bond acceptors (Lipinski definition) is 6. The monoisotopic (exact) mass is 284 g/mol. The number of carbonyl (C=O) groups is 1. The Balaban J connectivity index is 2.01. The van der Waals surface area contributed by atoms with Crippen molar-refractivity contribution in [1.82, 2.24) is 9.97 Å². The number of aromatic nitrogens is 2. The van der Waals surface area contributed by atoms with E-state index in [1.807, 2.05) is 6.07 Å². The van der Waals surface area contributed by atoms with Crippen molar-refractivity contribution in [1.29, 1.82) is 5.26 Å². The molecule has 1 unspecified atom stereocenters. The van der Waals surface area contributed by atoms with E-state index >= 15 is 0 Å². The molecule has 0 saturated carbocycles. The Morgan fingerprint density at radius 3 is 2.43 bits per heavy atom. The van der Waals surface area contributed by atoms with Crippen LogP contribution in [-0.4, -0.2) is 22.0 Å². The number of nitriles is 1. The van der Waals surface area contributed by atoms with Crippen LogP contribution in [0.15, 0.2) is 36.7 Å². The second kappa shape index (κ2) is 6.34. The first-order valence-electron chi connectivity index (χ1n) is 6.04. The second-order valence-corrected chi connectivity index (χ2v) is 4.09. The SMILES string of the molecule is CC(Oc1ccc(Oc2cnc(C#N)cn2)cc1)C(N)=O. The van der Waals surface area contributed by atoms with Crippen molar-refractivity contribution < 1.29 is 14.3 Å². The Kier molecular flexibility index (Phi) is 4.31. The molecule has 106 valence electrons. The third kappa shape index (κ3) is 3.91. The van der Waals surface area contributed by atoms with E-state index < -0.39 is 12.0 Å². The first-order chi connectivity index (χ1) is 10.1. The van der Waals surface area contributed by atoms with Gasteiger partial charge in [0.05, 0.1) is 12.4 Å². The summed E-state index contributed by atoms with van der Waals surface area (Å²) in [4.78, 5) is 18.7. The van der Waals surface area contributed by atoms with Gasteiger partial charge >= 0.3 is 0 Å². The lowest BCUT2D eigenvalue weighted by Crippen LogP contribution is -2.30. The van der Waals surface area contributed by atoms with Crippen LogP contribution in [0.1, 0.15) is 12.6 Å². The Bertz CT molecular complexity index is 662. The summed E-state index contributed by atoms with van der Waals surface area (Å²) in [6.45, 7) is 1.57. The smallest absolute Gasteiger partial charge is 0.258 e. The highest BCUT2D eigenvalue weighted by molar-refractivity contribution is 5.78. The molecule has 0 fully saturated rings. The molecule has 21 heavy (non-hydrogen) atoms. The van der Waals surface area contributed by atoms with Crippen molar-refractivity contribution in [2.24, 2.45) is 5.73 Å². The number of nitrogens with zero attached hydrogens (tertiary/aromatic N) is 3. The van der Waals surface area contributed by atoms with E-state index in [-0.39, 0.29) is 11.6 Å². The molecule has 0 aliphatic carbocycles. The maximum Gasteiger partial charge on any atom is 0.258 e. The van der Waals surface area contributed by atoms with Crippen molar-refractivity contribution in [2.45, 2.75) is 13.0 Å². The van der Waals surface area contributed by atoms with E-state index in [9.17, 15) is 4.79 Å². The molecule has 0 saturated heterocycles. The van der Waals surface area contributed by atoms with Crippen molar-refractivity contribution in [2.75, 3.05) is 0 Å². The predicted molar refractivity (Wildman–Crippen MR) is 72.5 cm³/mol. The fraction of sp³-hybridized carbons (Fsp3) is 0.143. The molecule has 1 aromatic heterocycles. The number of carbonyl (C=O) groups excluding carboxylic acids is 1. The summed E-state index contributed by atoms with van der Waals surface area (Å²) < 4.78 is 10.8. The van der Waals surface area contributed by atoms with Crippen LogP contribution in [-0.2, 0) is 4.79 Å². The zero-order valence-electron chi connectivity index (χ0n) is 11.2. The van der Waals surface area contributed by atoms with E-state index in [1.165, 1.54) is 12.4 Å². The van der Waals surface area contributed by atoms with E-state index in [0.717, 1.165) is 0 Å². The van der Waals surface area contributed by atoms with Crippen molar-refractivity contribution in [3.63, 3.8) is 0 Å². The van der Waals surface area contributed by atoms with E-state index in [0.29, 0.717) is 11.5 Å². The van der Waals surface area contributed by atoms with Crippen LogP contribution in [0, 0.1) is 11.3 Å². The molecular weight excluding hydrogens is 272 g/mol. The number of hydrogen-bond donors (Lipinski definition) is 1. The summed E-state index contributed by atoms with van der Waals surface area (Å²) in [5.74, 6) is 0.754. The van der Waals surface area contributed by atoms with Crippen LogP contribution in [0.4, 0.5) is 0 Å². The summed E-state index contributed by atoms with van der Waals surface area (Å²) >= 11 is 0. The number of rotatable bonds is 5. The van der Waals surface area contributed by atoms with Gasteiger partial charge < -0.3 is 15.2 Å².